The second-order valence-corrected chi connectivity index (χ2v) is 7.13. The third kappa shape index (κ3) is 3.48. The van der Waals surface area contributed by atoms with Gasteiger partial charge in [0.15, 0.2) is 0 Å². The Hall–Kier alpha value is -1.07. The molecule has 1 aromatic carbocycles. The quantitative estimate of drug-likeness (QED) is 0.892. The summed E-state index contributed by atoms with van der Waals surface area (Å²) in [5.41, 5.74) is 0.884. The first-order valence-corrected chi connectivity index (χ1v) is 8.31. The van der Waals surface area contributed by atoms with E-state index >= 15 is 0 Å². The first-order chi connectivity index (χ1) is 9.03. The average Bonchev–Trinajstić information content (AvgIpc) is 2.42. The van der Waals surface area contributed by atoms with E-state index in [1.54, 1.807) is 18.2 Å². The molecule has 0 aliphatic heterocycles. The molecule has 1 saturated carbocycles. The number of benzene rings is 1. The van der Waals surface area contributed by atoms with Crippen molar-refractivity contribution in [2.75, 3.05) is 12.4 Å². The molecule has 2 rings (SSSR count). The van der Waals surface area contributed by atoms with Crippen LogP contribution in [0, 0.1) is 5.92 Å². The van der Waals surface area contributed by atoms with Crippen LogP contribution in [-0.2, 0) is 10.0 Å². The maximum absolute atomic E-state index is 11.8. The van der Waals surface area contributed by atoms with Gasteiger partial charge in [0.05, 0.1) is 4.90 Å². The molecule has 2 atom stereocenters. The number of hydrogen-bond donors (Lipinski definition) is 2. The van der Waals surface area contributed by atoms with Gasteiger partial charge >= 0.3 is 0 Å². The van der Waals surface area contributed by atoms with Crippen molar-refractivity contribution in [3.63, 3.8) is 0 Å². The Labute approximate surface area is 115 Å². The molecule has 0 heterocycles. The van der Waals surface area contributed by atoms with Crippen LogP contribution >= 0.6 is 0 Å². The molecule has 0 saturated heterocycles. The van der Waals surface area contributed by atoms with Gasteiger partial charge in [-0.25, -0.2) is 13.1 Å². The summed E-state index contributed by atoms with van der Waals surface area (Å²) in [7, 11) is -1.94. The van der Waals surface area contributed by atoms with E-state index in [4.69, 9.17) is 0 Å². The molecule has 0 bridgehead atoms. The van der Waals surface area contributed by atoms with Crippen LogP contribution in [-0.4, -0.2) is 21.5 Å². The molecular formula is C14H22N2O2S. The van der Waals surface area contributed by atoms with Gasteiger partial charge in [0.2, 0.25) is 10.0 Å². The summed E-state index contributed by atoms with van der Waals surface area (Å²) in [6.07, 6.45) is 4.94. The molecule has 0 spiro atoms. The molecule has 0 aromatic heterocycles. The maximum atomic E-state index is 11.8. The van der Waals surface area contributed by atoms with E-state index in [1.807, 2.05) is 6.07 Å². The lowest BCUT2D eigenvalue weighted by Crippen LogP contribution is -2.30. The van der Waals surface area contributed by atoms with Crippen molar-refractivity contribution >= 4 is 15.7 Å². The van der Waals surface area contributed by atoms with Gasteiger partial charge in [-0.05, 0) is 44.0 Å². The Bertz CT molecular complexity index is 528. The van der Waals surface area contributed by atoms with Crippen LogP contribution in [0.4, 0.5) is 5.69 Å². The van der Waals surface area contributed by atoms with E-state index in [1.165, 1.54) is 26.3 Å². The molecule has 106 valence electrons. The molecule has 1 aliphatic rings. The van der Waals surface area contributed by atoms with E-state index < -0.39 is 10.0 Å². The van der Waals surface area contributed by atoms with Crippen molar-refractivity contribution in [1.82, 2.24) is 4.72 Å². The molecule has 1 aromatic rings. The van der Waals surface area contributed by atoms with Crippen LogP contribution in [0.5, 0.6) is 0 Å². The fourth-order valence-corrected chi connectivity index (χ4v) is 3.39. The van der Waals surface area contributed by atoms with Crippen molar-refractivity contribution in [1.29, 1.82) is 0 Å². The van der Waals surface area contributed by atoms with Gasteiger partial charge < -0.3 is 5.32 Å². The van der Waals surface area contributed by atoms with Crippen molar-refractivity contribution in [3.8, 4) is 0 Å². The maximum Gasteiger partial charge on any atom is 0.240 e. The van der Waals surface area contributed by atoms with Crippen LogP contribution in [0.3, 0.4) is 0 Å². The van der Waals surface area contributed by atoms with Crippen LogP contribution < -0.4 is 10.0 Å². The molecule has 1 fully saturated rings. The van der Waals surface area contributed by atoms with E-state index in [9.17, 15) is 8.42 Å². The molecule has 1 aliphatic carbocycles. The predicted molar refractivity (Wildman–Crippen MR) is 77.7 cm³/mol. The number of sulfonamides is 1. The predicted octanol–water partition coefficient (Wildman–Crippen LogP) is 2.59. The summed E-state index contributed by atoms with van der Waals surface area (Å²) in [6, 6.07) is 7.46. The van der Waals surface area contributed by atoms with E-state index in [2.05, 4.69) is 17.0 Å². The number of nitrogens with one attached hydrogen (secondary N) is 2. The van der Waals surface area contributed by atoms with E-state index in [-0.39, 0.29) is 0 Å². The Morgan fingerprint density at radius 1 is 1.21 bits per heavy atom. The van der Waals surface area contributed by atoms with Gasteiger partial charge in [-0.3, -0.25) is 0 Å². The van der Waals surface area contributed by atoms with Gasteiger partial charge in [-0.2, -0.15) is 0 Å². The minimum atomic E-state index is -3.37. The highest BCUT2D eigenvalue weighted by atomic mass is 32.2. The summed E-state index contributed by atoms with van der Waals surface area (Å²) in [5, 5.41) is 3.47. The Morgan fingerprint density at radius 3 is 2.63 bits per heavy atom. The van der Waals surface area contributed by atoms with Crippen molar-refractivity contribution in [2.24, 2.45) is 5.92 Å². The van der Waals surface area contributed by atoms with Gasteiger partial charge in [0.1, 0.15) is 0 Å². The zero-order valence-corrected chi connectivity index (χ0v) is 12.3. The lowest BCUT2D eigenvalue weighted by atomic mass is 9.86. The average molecular weight is 282 g/mol. The minimum absolute atomic E-state index is 0.309. The first kappa shape index (κ1) is 14.3. The normalized spacial score (nSPS) is 24.1. The lowest BCUT2D eigenvalue weighted by Gasteiger charge is -2.30. The lowest BCUT2D eigenvalue weighted by molar-refractivity contribution is 0.349. The highest BCUT2D eigenvalue weighted by Crippen LogP contribution is 2.27. The Kier molecular flexibility index (Phi) is 4.47. The molecule has 19 heavy (non-hydrogen) atoms. The van der Waals surface area contributed by atoms with Crippen LogP contribution in [0.1, 0.15) is 32.6 Å². The summed E-state index contributed by atoms with van der Waals surface area (Å²) in [5.74, 6) is 0.637. The smallest absolute Gasteiger partial charge is 0.240 e. The molecule has 2 N–H and O–H groups in total. The molecular weight excluding hydrogens is 260 g/mol. The van der Waals surface area contributed by atoms with Gasteiger partial charge in [-0.15, -0.1) is 0 Å². The highest BCUT2D eigenvalue weighted by Gasteiger charge is 2.21. The summed E-state index contributed by atoms with van der Waals surface area (Å²) >= 11 is 0. The van der Waals surface area contributed by atoms with E-state index in [0.29, 0.717) is 16.9 Å². The van der Waals surface area contributed by atoms with Gasteiger partial charge in [0, 0.05) is 11.7 Å². The van der Waals surface area contributed by atoms with Gasteiger partial charge in [-0.1, -0.05) is 25.8 Å². The van der Waals surface area contributed by atoms with Crippen molar-refractivity contribution in [3.05, 3.63) is 24.3 Å². The number of hydrogen-bond acceptors (Lipinski definition) is 3. The SMILES string of the molecule is CNS(=O)(=O)c1cccc(NC2CCCCC2C)c1. The monoisotopic (exact) mass is 282 g/mol. The van der Waals surface area contributed by atoms with Crippen LogP contribution in [0.15, 0.2) is 29.2 Å². The zero-order valence-electron chi connectivity index (χ0n) is 11.5. The third-order valence-electron chi connectivity index (χ3n) is 3.88. The molecule has 2 unspecified atom stereocenters. The standard InChI is InChI=1S/C14H22N2O2S/c1-11-6-3-4-9-14(11)16-12-7-5-8-13(10-12)19(17,18)15-2/h5,7-8,10-11,14-16H,3-4,6,9H2,1-2H3. The Balaban J connectivity index is 2.15. The summed E-state index contributed by atoms with van der Waals surface area (Å²) in [4.78, 5) is 0.309. The number of anilines is 1. The van der Waals surface area contributed by atoms with Crippen LogP contribution in [0.25, 0.3) is 0 Å². The minimum Gasteiger partial charge on any atom is -0.382 e. The van der Waals surface area contributed by atoms with Gasteiger partial charge in [0.25, 0.3) is 0 Å². The first-order valence-electron chi connectivity index (χ1n) is 6.83. The van der Waals surface area contributed by atoms with Crippen molar-refractivity contribution < 1.29 is 8.42 Å². The topological polar surface area (TPSA) is 58.2 Å². The summed E-state index contributed by atoms with van der Waals surface area (Å²) < 4.78 is 25.9. The fraction of sp³-hybridized carbons (Fsp3) is 0.571. The Morgan fingerprint density at radius 2 is 1.95 bits per heavy atom. The van der Waals surface area contributed by atoms with Crippen LogP contribution in [0.2, 0.25) is 0 Å². The van der Waals surface area contributed by atoms with Crippen molar-refractivity contribution in [2.45, 2.75) is 43.5 Å². The molecule has 0 amide bonds. The molecule has 5 heteroatoms. The zero-order chi connectivity index (χ0) is 13.9. The second-order valence-electron chi connectivity index (χ2n) is 5.25. The molecule has 4 nitrogen and oxygen atoms in total. The van der Waals surface area contributed by atoms with E-state index in [0.717, 1.165) is 12.1 Å². The highest BCUT2D eigenvalue weighted by molar-refractivity contribution is 7.89. The third-order valence-corrected chi connectivity index (χ3v) is 5.29. The fourth-order valence-electron chi connectivity index (χ4n) is 2.62. The molecule has 0 radical (unpaired) electrons. The second kappa shape index (κ2) is 5.92. The summed E-state index contributed by atoms with van der Waals surface area (Å²) in [6.45, 7) is 2.25. The largest absolute Gasteiger partial charge is 0.382 e. The number of rotatable bonds is 4.